The van der Waals surface area contributed by atoms with Gasteiger partial charge in [0.25, 0.3) is 0 Å². The summed E-state index contributed by atoms with van der Waals surface area (Å²) in [7, 11) is 0. The summed E-state index contributed by atoms with van der Waals surface area (Å²) in [5.41, 5.74) is 1.29. The van der Waals surface area contributed by atoms with Crippen LogP contribution in [-0.2, 0) is 4.79 Å². The van der Waals surface area contributed by atoms with Crippen molar-refractivity contribution >= 4 is 6.29 Å². The molecule has 2 atom stereocenters. The van der Waals surface area contributed by atoms with Gasteiger partial charge in [0.2, 0.25) is 0 Å². The smallest absolute Gasteiger partial charge is 0.123 e. The molecule has 11 heavy (non-hydrogen) atoms. The second kappa shape index (κ2) is 3.51. The minimum Gasteiger partial charge on any atom is -0.303 e. The van der Waals surface area contributed by atoms with Crippen molar-refractivity contribution in [2.45, 2.75) is 19.8 Å². The summed E-state index contributed by atoms with van der Waals surface area (Å²) in [6.45, 7) is 5.87. The van der Waals surface area contributed by atoms with Gasteiger partial charge < -0.3 is 4.79 Å². The first-order valence-electron chi connectivity index (χ1n) is 4.05. The van der Waals surface area contributed by atoms with E-state index in [1.54, 1.807) is 0 Å². The van der Waals surface area contributed by atoms with E-state index in [9.17, 15) is 4.79 Å². The summed E-state index contributed by atoms with van der Waals surface area (Å²) in [5.74, 6) is 0.755. The van der Waals surface area contributed by atoms with Gasteiger partial charge in [-0.3, -0.25) is 0 Å². The molecule has 0 fully saturated rings. The Labute approximate surface area is 67.8 Å². The molecule has 0 aliphatic heterocycles. The number of hydrogen-bond donors (Lipinski definition) is 0. The van der Waals surface area contributed by atoms with Crippen LogP contribution in [0.25, 0.3) is 0 Å². The molecule has 0 aromatic rings. The van der Waals surface area contributed by atoms with Crippen molar-refractivity contribution in [3.05, 3.63) is 24.3 Å². The minimum absolute atomic E-state index is 0.244. The normalized spacial score (nSPS) is 30.8. The van der Waals surface area contributed by atoms with Gasteiger partial charge in [-0.15, -0.1) is 0 Å². The van der Waals surface area contributed by atoms with Crippen molar-refractivity contribution in [1.82, 2.24) is 0 Å². The third-order valence-corrected chi connectivity index (χ3v) is 2.31. The lowest BCUT2D eigenvalue weighted by Gasteiger charge is -2.21. The van der Waals surface area contributed by atoms with E-state index in [0.29, 0.717) is 5.92 Å². The van der Waals surface area contributed by atoms with Gasteiger partial charge in [0.15, 0.2) is 0 Å². The molecule has 1 heteroatoms. The second-order valence-corrected chi connectivity index (χ2v) is 3.18. The zero-order valence-corrected chi connectivity index (χ0v) is 6.92. The molecule has 0 radical (unpaired) electrons. The molecule has 1 nitrogen and oxygen atoms in total. The maximum Gasteiger partial charge on any atom is 0.123 e. The van der Waals surface area contributed by atoms with Crippen LogP contribution in [0.2, 0.25) is 0 Å². The first-order chi connectivity index (χ1) is 5.27. The Morgan fingerprint density at radius 2 is 2.45 bits per heavy atom. The molecule has 0 aromatic heterocycles. The molecule has 0 saturated carbocycles. The lowest BCUT2D eigenvalue weighted by molar-refractivity contribution is -0.111. The monoisotopic (exact) mass is 150 g/mol. The largest absolute Gasteiger partial charge is 0.303 e. The lowest BCUT2D eigenvalue weighted by atomic mass is 9.83. The topological polar surface area (TPSA) is 17.1 Å². The third-order valence-electron chi connectivity index (χ3n) is 2.31. The zero-order valence-electron chi connectivity index (χ0n) is 6.92. The number of rotatable bonds is 2. The lowest BCUT2D eigenvalue weighted by Crippen LogP contribution is -2.13. The van der Waals surface area contributed by atoms with E-state index in [-0.39, 0.29) is 5.92 Å². The fourth-order valence-electron chi connectivity index (χ4n) is 1.57. The fourth-order valence-corrected chi connectivity index (χ4v) is 1.57. The standard InChI is InChI=1S/C10H14O/c1-3-10-5-4-9(7-11)6-8(10)2/h3,5,7-9H,1,4,6H2,2H3/t8-,9+/m0/s1. The molecular weight excluding hydrogens is 136 g/mol. The highest BCUT2D eigenvalue weighted by Gasteiger charge is 2.18. The number of hydrogen-bond acceptors (Lipinski definition) is 1. The van der Waals surface area contributed by atoms with Crippen LogP contribution in [-0.4, -0.2) is 6.29 Å². The van der Waals surface area contributed by atoms with Crippen LogP contribution in [0.4, 0.5) is 0 Å². The van der Waals surface area contributed by atoms with Gasteiger partial charge in [-0.2, -0.15) is 0 Å². The SMILES string of the molecule is C=CC1=CC[C@@H](C=O)C[C@@H]1C. The summed E-state index contributed by atoms with van der Waals surface area (Å²) in [4.78, 5) is 10.4. The Bertz CT molecular complexity index is 191. The third kappa shape index (κ3) is 1.79. The highest BCUT2D eigenvalue weighted by Crippen LogP contribution is 2.27. The highest BCUT2D eigenvalue weighted by molar-refractivity contribution is 5.54. The summed E-state index contributed by atoms with van der Waals surface area (Å²) < 4.78 is 0. The van der Waals surface area contributed by atoms with Crippen molar-refractivity contribution < 1.29 is 4.79 Å². The Morgan fingerprint density at radius 3 is 2.91 bits per heavy atom. The molecule has 1 aliphatic rings. The van der Waals surface area contributed by atoms with Crippen molar-refractivity contribution in [3.63, 3.8) is 0 Å². The molecule has 0 aromatic carbocycles. The average Bonchev–Trinajstić information content (AvgIpc) is 2.04. The van der Waals surface area contributed by atoms with Crippen LogP contribution >= 0.6 is 0 Å². The Morgan fingerprint density at radius 1 is 1.73 bits per heavy atom. The van der Waals surface area contributed by atoms with E-state index in [4.69, 9.17) is 0 Å². The van der Waals surface area contributed by atoms with Gasteiger partial charge in [-0.05, 0) is 24.3 Å². The van der Waals surface area contributed by atoms with Crippen LogP contribution in [0.5, 0.6) is 0 Å². The maximum absolute atomic E-state index is 10.4. The molecule has 0 heterocycles. The van der Waals surface area contributed by atoms with E-state index >= 15 is 0 Å². The summed E-state index contributed by atoms with van der Waals surface area (Å²) in [5, 5.41) is 0. The van der Waals surface area contributed by atoms with Crippen LogP contribution in [0.15, 0.2) is 24.3 Å². The van der Waals surface area contributed by atoms with E-state index < -0.39 is 0 Å². The molecule has 0 unspecified atom stereocenters. The molecular formula is C10H14O. The van der Waals surface area contributed by atoms with E-state index in [1.165, 1.54) is 5.57 Å². The van der Waals surface area contributed by atoms with Crippen LogP contribution in [0.3, 0.4) is 0 Å². The van der Waals surface area contributed by atoms with E-state index in [0.717, 1.165) is 19.1 Å². The number of aldehydes is 1. The zero-order chi connectivity index (χ0) is 8.27. The molecule has 0 amide bonds. The van der Waals surface area contributed by atoms with Gasteiger partial charge in [0, 0.05) is 5.92 Å². The van der Waals surface area contributed by atoms with E-state index in [2.05, 4.69) is 19.6 Å². The Kier molecular flexibility index (Phi) is 2.64. The van der Waals surface area contributed by atoms with Crippen molar-refractivity contribution in [2.75, 3.05) is 0 Å². The first kappa shape index (κ1) is 8.25. The molecule has 0 saturated heterocycles. The quantitative estimate of drug-likeness (QED) is 0.552. The number of carbonyl (C=O) groups is 1. The molecule has 1 rings (SSSR count). The molecule has 0 spiro atoms. The van der Waals surface area contributed by atoms with Crippen molar-refractivity contribution in [2.24, 2.45) is 11.8 Å². The molecule has 1 aliphatic carbocycles. The van der Waals surface area contributed by atoms with Gasteiger partial charge in [-0.25, -0.2) is 0 Å². The average molecular weight is 150 g/mol. The second-order valence-electron chi connectivity index (χ2n) is 3.18. The Balaban J connectivity index is 2.66. The van der Waals surface area contributed by atoms with Gasteiger partial charge in [0.05, 0.1) is 0 Å². The predicted molar refractivity (Wildman–Crippen MR) is 46.2 cm³/mol. The first-order valence-corrected chi connectivity index (χ1v) is 4.05. The molecule has 0 bridgehead atoms. The summed E-state index contributed by atoms with van der Waals surface area (Å²) in [6.07, 6.45) is 6.97. The molecule has 60 valence electrons. The maximum atomic E-state index is 10.4. The van der Waals surface area contributed by atoms with Crippen LogP contribution < -0.4 is 0 Å². The fraction of sp³-hybridized carbons (Fsp3) is 0.500. The Hall–Kier alpha value is -0.850. The highest BCUT2D eigenvalue weighted by atomic mass is 16.1. The predicted octanol–water partition coefficient (Wildman–Crippen LogP) is 2.34. The van der Waals surface area contributed by atoms with E-state index in [1.807, 2.05) is 6.08 Å². The van der Waals surface area contributed by atoms with Gasteiger partial charge in [-0.1, -0.05) is 25.7 Å². The van der Waals surface area contributed by atoms with Crippen molar-refractivity contribution in [3.8, 4) is 0 Å². The number of carbonyl (C=O) groups excluding carboxylic acids is 1. The van der Waals surface area contributed by atoms with Crippen LogP contribution in [0, 0.1) is 11.8 Å². The van der Waals surface area contributed by atoms with Crippen molar-refractivity contribution in [1.29, 1.82) is 0 Å². The molecule has 0 N–H and O–H groups in total. The summed E-state index contributed by atoms with van der Waals surface area (Å²) in [6, 6.07) is 0. The minimum atomic E-state index is 0.244. The van der Waals surface area contributed by atoms with Gasteiger partial charge in [0.1, 0.15) is 6.29 Å². The number of allylic oxidation sites excluding steroid dienone is 3. The summed E-state index contributed by atoms with van der Waals surface area (Å²) >= 11 is 0. The van der Waals surface area contributed by atoms with Crippen LogP contribution in [0.1, 0.15) is 19.8 Å². The van der Waals surface area contributed by atoms with Gasteiger partial charge >= 0.3 is 0 Å².